The molecule has 1 fully saturated rings. The first-order valence-electron chi connectivity index (χ1n) is 14.1. The van der Waals surface area contributed by atoms with Gasteiger partial charge in [-0.3, -0.25) is 9.69 Å². The third kappa shape index (κ3) is 5.61. The van der Waals surface area contributed by atoms with Crippen molar-refractivity contribution >= 4 is 22.9 Å². The molecule has 1 unspecified atom stereocenters. The van der Waals surface area contributed by atoms with Gasteiger partial charge in [-0.05, 0) is 93.1 Å². The maximum atomic E-state index is 13.7. The van der Waals surface area contributed by atoms with Crippen LogP contribution in [0, 0.1) is 5.41 Å². The summed E-state index contributed by atoms with van der Waals surface area (Å²) >= 11 is 0. The second-order valence-corrected chi connectivity index (χ2v) is 13.1. The van der Waals surface area contributed by atoms with Crippen molar-refractivity contribution in [1.29, 1.82) is 0 Å². The molecule has 1 saturated heterocycles. The number of aliphatic hydroxyl groups excluding tert-OH is 1. The molecule has 1 amide bonds. The fourth-order valence-electron chi connectivity index (χ4n) is 5.70. The number of fused-ring (bicyclic) bond motifs is 2. The Morgan fingerprint density at radius 2 is 1.74 bits per heavy atom. The average Bonchev–Trinajstić information content (AvgIpc) is 3.42. The first-order valence-corrected chi connectivity index (χ1v) is 14.1. The summed E-state index contributed by atoms with van der Waals surface area (Å²) in [4.78, 5) is 29.2. The van der Waals surface area contributed by atoms with Crippen LogP contribution in [0.2, 0.25) is 0 Å². The van der Waals surface area contributed by atoms with Crippen LogP contribution in [0.4, 0.5) is 4.79 Å². The fourth-order valence-corrected chi connectivity index (χ4v) is 5.70. The molecule has 7 heteroatoms. The van der Waals surface area contributed by atoms with Crippen molar-refractivity contribution in [2.75, 3.05) is 13.1 Å². The Kier molecular flexibility index (Phi) is 7.10. The molecular weight excluding hydrogens is 490 g/mol. The summed E-state index contributed by atoms with van der Waals surface area (Å²) in [5.41, 5.74) is 4.13. The highest BCUT2D eigenvalue weighted by Crippen LogP contribution is 2.40. The Balaban J connectivity index is 1.69. The number of hydrogen-bond acceptors (Lipinski definition) is 5. The number of aromatic nitrogens is 1. The molecular formula is C32H41N3O4. The number of aliphatic hydroxyl groups is 1. The largest absolute Gasteiger partial charge is 0.443 e. The van der Waals surface area contributed by atoms with Gasteiger partial charge in [0.25, 0.3) is 5.91 Å². The number of amides is 1. The van der Waals surface area contributed by atoms with E-state index in [1.807, 2.05) is 65.8 Å². The highest BCUT2D eigenvalue weighted by atomic mass is 16.6. The van der Waals surface area contributed by atoms with Crippen LogP contribution in [0.25, 0.3) is 22.2 Å². The van der Waals surface area contributed by atoms with E-state index in [0.29, 0.717) is 23.4 Å². The topological polar surface area (TPSA) is 83.8 Å². The number of benzene rings is 2. The summed E-state index contributed by atoms with van der Waals surface area (Å²) in [6, 6.07) is 12.0. The number of carbonyl (C=O) groups is 2. The Bertz CT molecular complexity index is 1420. The lowest BCUT2D eigenvalue weighted by molar-refractivity contribution is 0.0546. The minimum Gasteiger partial charge on any atom is -0.443 e. The van der Waals surface area contributed by atoms with Crippen molar-refractivity contribution in [3.05, 3.63) is 58.7 Å². The molecule has 3 aromatic rings. The highest BCUT2D eigenvalue weighted by Gasteiger charge is 2.32. The predicted molar refractivity (Wildman–Crippen MR) is 154 cm³/mol. The summed E-state index contributed by atoms with van der Waals surface area (Å²) in [7, 11) is 0. The Morgan fingerprint density at radius 3 is 2.41 bits per heavy atom. The lowest BCUT2D eigenvalue weighted by Crippen LogP contribution is -2.29. The van der Waals surface area contributed by atoms with Gasteiger partial charge in [0.05, 0.1) is 22.9 Å². The van der Waals surface area contributed by atoms with E-state index in [-0.39, 0.29) is 5.91 Å². The van der Waals surface area contributed by atoms with Crippen molar-refractivity contribution in [2.45, 2.75) is 85.6 Å². The van der Waals surface area contributed by atoms with Crippen molar-refractivity contribution in [3.63, 3.8) is 0 Å². The van der Waals surface area contributed by atoms with Crippen LogP contribution in [0.5, 0.6) is 0 Å². The number of hydrogen-bond donors (Lipinski definition) is 2. The molecule has 1 atom stereocenters. The second kappa shape index (κ2) is 10.1. The van der Waals surface area contributed by atoms with Crippen molar-refractivity contribution in [2.24, 2.45) is 5.41 Å². The second-order valence-electron chi connectivity index (χ2n) is 13.1. The summed E-state index contributed by atoms with van der Waals surface area (Å²) < 4.78 is 7.43. The Morgan fingerprint density at radius 1 is 1.03 bits per heavy atom. The van der Waals surface area contributed by atoms with Gasteiger partial charge in [-0.2, -0.15) is 0 Å². The number of carbonyl (C=O) groups excluding carboxylic acids is 2. The van der Waals surface area contributed by atoms with Crippen LogP contribution in [0.15, 0.2) is 36.4 Å². The molecule has 0 spiro atoms. The molecule has 0 radical (unpaired) electrons. The normalized spacial score (nSPS) is 17.3. The molecule has 3 heterocycles. The van der Waals surface area contributed by atoms with Gasteiger partial charge in [-0.15, -0.1) is 0 Å². The van der Waals surface area contributed by atoms with E-state index >= 15 is 0 Å². The van der Waals surface area contributed by atoms with Gasteiger partial charge >= 0.3 is 6.09 Å². The monoisotopic (exact) mass is 531 g/mol. The lowest BCUT2D eigenvalue weighted by atomic mass is 9.83. The zero-order chi connectivity index (χ0) is 28.1. The van der Waals surface area contributed by atoms with Crippen LogP contribution in [-0.4, -0.2) is 45.3 Å². The molecule has 2 aromatic carbocycles. The molecule has 39 heavy (non-hydrogen) atoms. The van der Waals surface area contributed by atoms with Gasteiger partial charge in [0.15, 0.2) is 0 Å². The van der Waals surface area contributed by atoms with E-state index in [2.05, 4.69) is 22.3 Å². The molecule has 0 saturated carbocycles. The Hall–Kier alpha value is -3.16. The standard InChI is InChI=1S/C32H41N3O4/c1-31(2,3)28(36)22-15-23-18-33-29(37)27(23)24(16-22)26-17-21-14-20(19-34-12-8-7-9-13-34)10-11-25(21)35(26)30(38)39-32(4,5)6/h10-11,14-17,28,36H,7-9,12-13,18-19H2,1-6H3,(H,33,37). The number of piperidine rings is 1. The smallest absolute Gasteiger partial charge is 0.419 e. The minimum atomic E-state index is -0.743. The van der Waals surface area contributed by atoms with Gasteiger partial charge < -0.3 is 15.2 Å². The van der Waals surface area contributed by atoms with Crippen LogP contribution in [-0.2, 0) is 17.8 Å². The number of rotatable bonds is 4. The first-order chi connectivity index (χ1) is 18.3. The SMILES string of the molecule is CC(C)(C)OC(=O)n1c(-c2cc(C(O)C(C)(C)C)cc3c2C(=O)NC3)cc2cc(CN3CCCCC3)ccc21. The third-order valence-electron chi connectivity index (χ3n) is 7.62. The summed E-state index contributed by atoms with van der Waals surface area (Å²) in [5, 5.41) is 15.0. The van der Waals surface area contributed by atoms with E-state index < -0.39 is 23.2 Å². The highest BCUT2D eigenvalue weighted by molar-refractivity contribution is 6.07. The van der Waals surface area contributed by atoms with Crippen LogP contribution < -0.4 is 5.32 Å². The van der Waals surface area contributed by atoms with Crippen LogP contribution in [0.1, 0.15) is 94.0 Å². The first kappa shape index (κ1) is 27.4. The zero-order valence-corrected chi connectivity index (χ0v) is 24.1. The molecule has 1 aromatic heterocycles. The van der Waals surface area contributed by atoms with E-state index in [1.165, 1.54) is 24.8 Å². The van der Waals surface area contributed by atoms with E-state index in [1.54, 1.807) is 4.57 Å². The molecule has 5 rings (SSSR count). The van der Waals surface area contributed by atoms with E-state index in [4.69, 9.17) is 4.74 Å². The summed E-state index contributed by atoms with van der Waals surface area (Å²) in [6.45, 7) is 14.9. The summed E-state index contributed by atoms with van der Waals surface area (Å²) in [5.74, 6) is -0.177. The number of likely N-dealkylation sites (tertiary alicyclic amines) is 1. The van der Waals surface area contributed by atoms with Crippen molar-refractivity contribution in [1.82, 2.24) is 14.8 Å². The summed E-state index contributed by atoms with van der Waals surface area (Å²) in [6.07, 6.45) is 2.51. The van der Waals surface area contributed by atoms with Gasteiger partial charge in [0.1, 0.15) is 5.60 Å². The average molecular weight is 532 g/mol. The molecule has 2 N–H and O–H groups in total. The zero-order valence-electron chi connectivity index (χ0n) is 24.1. The van der Waals surface area contributed by atoms with Gasteiger partial charge in [-0.25, -0.2) is 9.36 Å². The van der Waals surface area contributed by atoms with Gasteiger partial charge in [0, 0.05) is 24.0 Å². The van der Waals surface area contributed by atoms with Crippen molar-refractivity contribution < 1.29 is 19.4 Å². The van der Waals surface area contributed by atoms with Crippen molar-refractivity contribution in [3.8, 4) is 11.3 Å². The number of nitrogens with zero attached hydrogens (tertiary/aromatic N) is 2. The number of ether oxygens (including phenoxy) is 1. The molecule has 7 nitrogen and oxygen atoms in total. The number of nitrogens with one attached hydrogen (secondary N) is 1. The van der Waals surface area contributed by atoms with E-state index in [0.717, 1.165) is 41.7 Å². The molecule has 2 aliphatic heterocycles. The van der Waals surface area contributed by atoms with Crippen LogP contribution in [0.3, 0.4) is 0 Å². The van der Waals surface area contributed by atoms with E-state index in [9.17, 15) is 14.7 Å². The Labute approximate surface area is 231 Å². The maximum absolute atomic E-state index is 13.7. The predicted octanol–water partition coefficient (Wildman–Crippen LogP) is 6.40. The fraction of sp³-hybridized carbons (Fsp3) is 0.500. The van der Waals surface area contributed by atoms with Crippen LogP contribution >= 0.6 is 0 Å². The minimum absolute atomic E-state index is 0.177. The quantitative estimate of drug-likeness (QED) is 0.407. The third-order valence-corrected chi connectivity index (χ3v) is 7.62. The lowest BCUT2D eigenvalue weighted by Gasteiger charge is -2.27. The maximum Gasteiger partial charge on any atom is 0.419 e. The molecule has 0 bridgehead atoms. The van der Waals surface area contributed by atoms with Gasteiger partial charge in [0.2, 0.25) is 0 Å². The van der Waals surface area contributed by atoms with Gasteiger partial charge in [-0.1, -0.05) is 39.3 Å². The molecule has 2 aliphatic rings. The molecule has 0 aliphatic carbocycles. The molecule has 208 valence electrons.